The highest BCUT2D eigenvalue weighted by Crippen LogP contribution is 2.23. The number of pyridine rings is 1. The van der Waals surface area contributed by atoms with Crippen LogP contribution in [0.1, 0.15) is 27.7 Å². The molecule has 1 aromatic carbocycles. The van der Waals surface area contributed by atoms with Gasteiger partial charge in [0.1, 0.15) is 0 Å². The normalized spacial score (nSPS) is 12.0. The monoisotopic (exact) mass is 352 g/mol. The lowest BCUT2D eigenvalue weighted by atomic mass is 10.1. The van der Waals surface area contributed by atoms with Crippen molar-refractivity contribution in [2.75, 3.05) is 14.1 Å². The fourth-order valence-corrected chi connectivity index (χ4v) is 2.72. The Morgan fingerprint density at radius 2 is 1.88 bits per heavy atom. The van der Waals surface area contributed by atoms with Crippen molar-refractivity contribution in [3.05, 3.63) is 59.4 Å². The molecule has 0 aliphatic rings. The van der Waals surface area contributed by atoms with E-state index in [-0.39, 0.29) is 11.5 Å². The molecule has 0 fully saturated rings. The Balaban J connectivity index is 1.93. The average molecular weight is 352 g/mol. The quantitative estimate of drug-likeness (QED) is 0.673. The number of ether oxygens (including phenoxy) is 1. The van der Waals surface area contributed by atoms with Gasteiger partial charge in [0.15, 0.2) is 5.65 Å². The number of fused-ring (bicyclic) bond motifs is 1. The Morgan fingerprint density at radius 3 is 2.54 bits per heavy atom. The molecule has 7 nitrogen and oxygen atoms in total. The zero-order chi connectivity index (χ0) is 18.8. The van der Waals surface area contributed by atoms with Crippen molar-refractivity contribution in [2.24, 2.45) is 7.05 Å². The predicted octanol–water partition coefficient (Wildman–Crippen LogP) is 2.26. The Kier molecular flexibility index (Phi) is 4.71. The minimum absolute atomic E-state index is 0.279. The summed E-state index contributed by atoms with van der Waals surface area (Å²) in [6, 6.07) is 10.6. The smallest absolute Gasteiger partial charge is 0.340 e. The van der Waals surface area contributed by atoms with Crippen molar-refractivity contribution in [2.45, 2.75) is 13.0 Å². The van der Waals surface area contributed by atoms with Crippen molar-refractivity contribution in [3.63, 3.8) is 0 Å². The fourth-order valence-electron chi connectivity index (χ4n) is 2.72. The highest BCUT2D eigenvalue weighted by atomic mass is 16.5. The van der Waals surface area contributed by atoms with Crippen LogP contribution < -0.4 is 0 Å². The van der Waals surface area contributed by atoms with Crippen molar-refractivity contribution in [1.82, 2.24) is 19.7 Å². The first-order valence-electron chi connectivity index (χ1n) is 8.15. The number of nitrogens with zero attached hydrogens (tertiary/aromatic N) is 4. The Labute approximate surface area is 151 Å². The molecule has 3 aromatic rings. The van der Waals surface area contributed by atoms with Gasteiger partial charge in [-0.15, -0.1) is 0 Å². The molecule has 0 N–H and O–H groups in total. The summed E-state index contributed by atoms with van der Waals surface area (Å²) >= 11 is 0. The van der Waals surface area contributed by atoms with Crippen LogP contribution in [0.25, 0.3) is 11.0 Å². The van der Waals surface area contributed by atoms with Gasteiger partial charge in [0.25, 0.3) is 5.91 Å². The zero-order valence-corrected chi connectivity index (χ0v) is 15.1. The van der Waals surface area contributed by atoms with Crippen molar-refractivity contribution in [1.29, 1.82) is 0 Å². The second-order valence-electron chi connectivity index (χ2n) is 6.23. The van der Waals surface area contributed by atoms with E-state index in [2.05, 4.69) is 10.1 Å². The molecule has 2 heterocycles. The van der Waals surface area contributed by atoms with E-state index >= 15 is 0 Å². The lowest BCUT2D eigenvalue weighted by molar-refractivity contribution is -0.138. The van der Waals surface area contributed by atoms with Gasteiger partial charge in [-0.2, -0.15) is 5.10 Å². The van der Waals surface area contributed by atoms with Gasteiger partial charge in [-0.3, -0.25) is 9.48 Å². The van der Waals surface area contributed by atoms with E-state index in [1.165, 1.54) is 11.1 Å². The number of aromatic nitrogens is 3. The van der Waals surface area contributed by atoms with Crippen LogP contribution >= 0.6 is 0 Å². The highest BCUT2D eigenvalue weighted by Gasteiger charge is 2.27. The van der Waals surface area contributed by atoms with Gasteiger partial charge in [-0.05, 0) is 13.0 Å². The second-order valence-corrected chi connectivity index (χ2v) is 6.23. The van der Waals surface area contributed by atoms with Gasteiger partial charge < -0.3 is 9.64 Å². The molecule has 0 radical (unpaired) electrons. The predicted molar refractivity (Wildman–Crippen MR) is 96.5 cm³/mol. The summed E-state index contributed by atoms with van der Waals surface area (Å²) in [7, 11) is 5.04. The maximum absolute atomic E-state index is 12.7. The Hall–Kier alpha value is -3.22. The molecule has 1 amide bonds. The van der Waals surface area contributed by atoms with Gasteiger partial charge in [0.2, 0.25) is 6.10 Å². The number of carbonyl (C=O) groups excluding carboxylic acids is 2. The van der Waals surface area contributed by atoms with Crippen LogP contribution in [0, 0.1) is 6.92 Å². The third-order valence-corrected chi connectivity index (χ3v) is 4.09. The molecule has 0 spiro atoms. The average Bonchev–Trinajstić information content (AvgIpc) is 2.93. The number of esters is 1. The number of likely N-dealkylation sites (N-methyl/N-ethyl adjacent to an activating group) is 1. The molecule has 1 atom stereocenters. The molecular weight excluding hydrogens is 332 g/mol. The molecule has 2 aromatic heterocycles. The number of carbonyl (C=O) groups is 2. The maximum Gasteiger partial charge on any atom is 0.340 e. The summed E-state index contributed by atoms with van der Waals surface area (Å²) < 4.78 is 7.20. The third-order valence-electron chi connectivity index (χ3n) is 4.09. The van der Waals surface area contributed by atoms with E-state index in [9.17, 15) is 9.59 Å². The number of aryl methyl sites for hydroxylation is 2. The molecular formula is C19H20N4O3. The van der Waals surface area contributed by atoms with Crippen molar-refractivity contribution >= 4 is 22.9 Å². The molecule has 0 aliphatic carbocycles. The van der Waals surface area contributed by atoms with Crippen LogP contribution in [-0.4, -0.2) is 45.6 Å². The van der Waals surface area contributed by atoms with E-state index in [4.69, 9.17) is 4.74 Å². The number of benzene rings is 1. The van der Waals surface area contributed by atoms with E-state index in [1.807, 2.05) is 13.0 Å². The van der Waals surface area contributed by atoms with Crippen LogP contribution in [-0.2, 0) is 16.6 Å². The zero-order valence-electron chi connectivity index (χ0n) is 15.1. The van der Waals surface area contributed by atoms with Crippen molar-refractivity contribution < 1.29 is 14.3 Å². The molecule has 0 saturated carbocycles. The third kappa shape index (κ3) is 3.28. The van der Waals surface area contributed by atoms with Gasteiger partial charge >= 0.3 is 5.97 Å². The summed E-state index contributed by atoms with van der Waals surface area (Å²) in [5.74, 6) is -0.914. The first-order valence-corrected chi connectivity index (χ1v) is 8.15. The van der Waals surface area contributed by atoms with Gasteiger partial charge in [-0.25, -0.2) is 9.78 Å². The second kappa shape index (κ2) is 6.95. The lowest BCUT2D eigenvalue weighted by Gasteiger charge is -2.21. The van der Waals surface area contributed by atoms with E-state index in [1.54, 1.807) is 56.2 Å². The molecule has 0 unspecified atom stereocenters. The molecule has 0 bridgehead atoms. The SMILES string of the molecule is Cc1nn(C)c2ncc(C(=O)O[C@H](C(=O)N(C)C)c3ccccc3)cc12. The number of hydrogen-bond acceptors (Lipinski definition) is 5. The summed E-state index contributed by atoms with van der Waals surface area (Å²) in [6.07, 6.45) is 0.429. The number of rotatable bonds is 4. The van der Waals surface area contributed by atoms with Crippen molar-refractivity contribution in [3.8, 4) is 0 Å². The van der Waals surface area contributed by atoms with E-state index < -0.39 is 12.1 Å². The number of hydrogen-bond donors (Lipinski definition) is 0. The molecule has 134 valence electrons. The largest absolute Gasteiger partial charge is 0.444 e. The Bertz CT molecular complexity index is 964. The van der Waals surface area contributed by atoms with Gasteiger partial charge in [-0.1, -0.05) is 30.3 Å². The summed E-state index contributed by atoms with van der Waals surface area (Å²) in [6.45, 7) is 1.85. The van der Waals surface area contributed by atoms with Crippen LogP contribution in [0.3, 0.4) is 0 Å². The summed E-state index contributed by atoms with van der Waals surface area (Å²) in [5.41, 5.74) is 2.35. The molecule has 26 heavy (non-hydrogen) atoms. The van der Waals surface area contributed by atoms with E-state index in [0.717, 1.165) is 11.1 Å². The number of amides is 1. The van der Waals surface area contributed by atoms with Crippen LogP contribution in [0.5, 0.6) is 0 Å². The highest BCUT2D eigenvalue weighted by molar-refractivity contribution is 5.95. The van der Waals surface area contributed by atoms with Crippen LogP contribution in [0.15, 0.2) is 42.6 Å². The Morgan fingerprint density at radius 1 is 1.19 bits per heavy atom. The first-order chi connectivity index (χ1) is 12.4. The standard InChI is InChI=1S/C19H20N4O3/c1-12-15-10-14(11-20-17(15)23(4)21-12)19(25)26-16(18(24)22(2)3)13-8-6-5-7-9-13/h5-11,16H,1-4H3/t16-/m0/s1. The first kappa shape index (κ1) is 17.6. The molecule has 3 rings (SSSR count). The molecule has 7 heteroatoms. The van der Waals surface area contributed by atoms with E-state index in [0.29, 0.717) is 11.2 Å². The lowest BCUT2D eigenvalue weighted by Crippen LogP contribution is -2.31. The van der Waals surface area contributed by atoms with Crippen LogP contribution in [0.2, 0.25) is 0 Å². The molecule has 0 saturated heterocycles. The molecule has 0 aliphatic heterocycles. The minimum Gasteiger partial charge on any atom is -0.444 e. The van der Waals surface area contributed by atoms with Crippen LogP contribution in [0.4, 0.5) is 0 Å². The fraction of sp³-hybridized carbons (Fsp3) is 0.263. The maximum atomic E-state index is 12.7. The topological polar surface area (TPSA) is 77.3 Å². The minimum atomic E-state index is -1.01. The summed E-state index contributed by atoms with van der Waals surface area (Å²) in [5, 5.41) is 5.07. The van der Waals surface area contributed by atoms with Gasteiger partial charge in [0.05, 0.1) is 11.3 Å². The van der Waals surface area contributed by atoms with Gasteiger partial charge in [0, 0.05) is 38.3 Å². The summed E-state index contributed by atoms with van der Waals surface area (Å²) in [4.78, 5) is 30.8.